The second kappa shape index (κ2) is 7.80. The van der Waals surface area contributed by atoms with E-state index in [0.717, 1.165) is 33.0 Å². The second-order valence-corrected chi connectivity index (χ2v) is 7.33. The van der Waals surface area contributed by atoms with Crippen LogP contribution in [0.2, 0.25) is 0 Å². The zero-order valence-electron chi connectivity index (χ0n) is 15.3. The summed E-state index contributed by atoms with van der Waals surface area (Å²) < 4.78 is 5.80. The zero-order valence-corrected chi connectivity index (χ0v) is 16.1. The van der Waals surface area contributed by atoms with Crippen LogP contribution >= 0.6 is 11.3 Å². The minimum Gasteiger partial charge on any atom is -0.459 e. The van der Waals surface area contributed by atoms with Crippen LogP contribution in [0.15, 0.2) is 54.9 Å². The Morgan fingerprint density at radius 2 is 1.78 bits per heavy atom. The van der Waals surface area contributed by atoms with Crippen molar-refractivity contribution in [3.8, 4) is 6.01 Å². The molecule has 0 spiro atoms. The SMILES string of the molecule is CCc1ccc(COc2nccc(C(C)c3nc4cccnc4s3)n2)cc1. The molecule has 0 saturated carbocycles. The first-order valence-electron chi connectivity index (χ1n) is 8.98. The number of pyridine rings is 1. The minimum absolute atomic E-state index is 0.0541. The molecule has 0 aliphatic carbocycles. The average Bonchev–Trinajstić information content (AvgIpc) is 3.16. The summed E-state index contributed by atoms with van der Waals surface area (Å²) in [4.78, 5) is 18.8. The minimum atomic E-state index is 0.0541. The van der Waals surface area contributed by atoms with E-state index in [1.807, 2.05) is 18.2 Å². The van der Waals surface area contributed by atoms with Crippen molar-refractivity contribution in [3.63, 3.8) is 0 Å². The molecule has 0 radical (unpaired) electrons. The second-order valence-electron chi connectivity index (χ2n) is 6.32. The van der Waals surface area contributed by atoms with Gasteiger partial charge in [0, 0.05) is 12.4 Å². The van der Waals surface area contributed by atoms with E-state index in [0.29, 0.717) is 12.6 Å². The molecule has 136 valence electrons. The third-order valence-corrected chi connectivity index (χ3v) is 5.61. The molecule has 0 aliphatic rings. The van der Waals surface area contributed by atoms with Gasteiger partial charge in [-0.25, -0.2) is 15.0 Å². The summed E-state index contributed by atoms with van der Waals surface area (Å²) in [7, 11) is 0. The van der Waals surface area contributed by atoms with E-state index < -0.39 is 0 Å². The quantitative estimate of drug-likeness (QED) is 0.485. The van der Waals surface area contributed by atoms with Crippen LogP contribution in [-0.4, -0.2) is 19.9 Å². The predicted octanol–water partition coefficient (Wildman–Crippen LogP) is 4.77. The molecule has 1 unspecified atom stereocenters. The lowest BCUT2D eigenvalue weighted by atomic mass is 10.1. The van der Waals surface area contributed by atoms with Crippen LogP contribution in [0.3, 0.4) is 0 Å². The highest BCUT2D eigenvalue weighted by Gasteiger charge is 2.16. The van der Waals surface area contributed by atoms with Gasteiger partial charge in [0.1, 0.15) is 22.0 Å². The molecule has 1 atom stereocenters. The van der Waals surface area contributed by atoms with Crippen molar-refractivity contribution in [2.45, 2.75) is 32.8 Å². The van der Waals surface area contributed by atoms with Crippen molar-refractivity contribution >= 4 is 21.7 Å². The molecule has 0 fully saturated rings. The molecule has 0 bridgehead atoms. The summed E-state index contributed by atoms with van der Waals surface area (Å²) in [5.74, 6) is 0.0541. The van der Waals surface area contributed by atoms with Crippen molar-refractivity contribution in [1.29, 1.82) is 0 Å². The summed E-state index contributed by atoms with van der Waals surface area (Å²) in [6.07, 6.45) is 4.56. The number of hydrogen-bond acceptors (Lipinski definition) is 6. The number of rotatable bonds is 6. The summed E-state index contributed by atoms with van der Waals surface area (Å²) in [6.45, 7) is 4.69. The van der Waals surface area contributed by atoms with Crippen molar-refractivity contribution in [1.82, 2.24) is 19.9 Å². The lowest BCUT2D eigenvalue weighted by Gasteiger charge is -2.10. The third-order valence-electron chi connectivity index (χ3n) is 4.45. The van der Waals surface area contributed by atoms with E-state index in [9.17, 15) is 0 Å². The molecular weight excluding hydrogens is 356 g/mol. The topological polar surface area (TPSA) is 60.8 Å². The lowest BCUT2D eigenvalue weighted by Crippen LogP contribution is -2.04. The summed E-state index contributed by atoms with van der Waals surface area (Å²) >= 11 is 1.60. The van der Waals surface area contributed by atoms with Crippen LogP contribution in [0.1, 0.15) is 41.6 Å². The molecule has 1 aromatic carbocycles. The highest BCUT2D eigenvalue weighted by molar-refractivity contribution is 7.18. The normalized spacial score (nSPS) is 12.2. The van der Waals surface area contributed by atoms with Gasteiger partial charge in [-0.05, 0) is 35.7 Å². The summed E-state index contributed by atoms with van der Waals surface area (Å²) in [5, 5.41) is 0.989. The Kier molecular flexibility index (Phi) is 5.07. The van der Waals surface area contributed by atoms with Crippen molar-refractivity contribution in [2.75, 3.05) is 0 Å². The fourth-order valence-corrected chi connectivity index (χ4v) is 3.75. The first-order valence-corrected chi connectivity index (χ1v) is 9.79. The first kappa shape index (κ1) is 17.5. The number of benzene rings is 1. The Bertz CT molecular complexity index is 1010. The van der Waals surface area contributed by atoms with Gasteiger partial charge >= 0.3 is 6.01 Å². The Hall–Kier alpha value is -2.86. The lowest BCUT2D eigenvalue weighted by molar-refractivity contribution is 0.279. The van der Waals surface area contributed by atoms with Gasteiger partial charge in [0.05, 0.1) is 11.6 Å². The zero-order chi connectivity index (χ0) is 18.6. The Balaban J connectivity index is 1.49. The maximum Gasteiger partial charge on any atom is 0.316 e. The molecule has 5 nitrogen and oxygen atoms in total. The van der Waals surface area contributed by atoms with Gasteiger partial charge in [0.15, 0.2) is 0 Å². The molecule has 4 aromatic rings. The number of aryl methyl sites for hydroxylation is 1. The average molecular weight is 376 g/mol. The molecular formula is C21H20N4OS. The first-order chi connectivity index (χ1) is 13.2. The Morgan fingerprint density at radius 1 is 0.963 bits per heavy atom. The van der Waals surface area contributed by atoms with E-state index in [2.05, 4.69) is 58.0 Å². The van der Waals surface area contributed by atoms with Crippen molar-refractivity contribution < 1.29 is 4.74 Å². The fraction of sp³-hybridized carbons (Fsp3) is 0.238. The van der Waals surface area contributed by atoms with Crippen LogP contribution in [0.5, 0.6) is 6.01 Å². The number of fused-ring (bicyclic) bond motifs is 1. The van der Waals surface area contributed by atoms with Gasteiger partial charge in [0.2, 0.25) is 0 Å². The van der Waals surface area contributed by atoms with Crippen LogP contribution in [0.4, 0.5) is 0 Å². The highest BCUT2D eigenvalue weighted by atomic mass is 32.1. The van der Waals surface area contributed by atoms with Gasteiger partial charge in [-0.3, -0.25) is 0 Å². The predicted molar refractivity (Wildman–Crippen MR) is 107 cm³/mol. The van der Waals surface area contributed by atoms with E-state index in [1.54, 1.807) is 23.7 Å². The maximum atomic E-state index is 5.80. The maximum absolute atomic E-state index is 5.80. The van der Waals surface area contributed by atoms with Gasteiger partial charge in [-0.2, -0.15) is 4.98 Å². The van der Waals surface area contributed by atoms with E-state index in [-0.39, 0.29) is 5.92 Å². The van der Waals surface area contributed by atoms with Gasteiger partial charge in [0.25, 0.3) is 0 Å². The molecule has 3 aromatic heterocycles. The number of ether oxygens (including phenoxy) is 1. The number of nitrogens with zero attached hydrogens (tertiary/aromatic N) is 4. The van der Waals surface area contributed by atoms with Crippen LogP contribution in [0, 0.1) is 0 Å². The van der Waals surface area contributed by atoms with Gasteiger partial charge < -0.3 is 4.74 Å². The third kappa shape index (κ3) is 3.95. The number of aromatic nitrogens is 4. The van der Waals surface area contributed by atoms with Gasteiger partial charge in [-0.15, -0.1) is 0 Å². The van der Waals surface area contributed by atoms with Gasteiger partial charge in [-0.1, -0.05) is 49.4 Å². The van der Waals surface area contributed by atoms with Crippen molar-refractivity contribution in [3.05, 3.63) is 76.7 Å². The summed E-state index contributed by atoms with van der Waals surface area (Å²) in [6, 6.07) is 14.6. The fourth-order valence-electron chi connectivity index (χ4n) is 2.78. The Morgan fingerprint density at radius 3 is 2.56 bits per heavy atom. The molecule has 0 aliphatic heterocycles. The molecule has 0 amide bonds. The monoisotopic (exact) mass is 376 g/mol. The van der Waals surface area contributed by atoms with Crippen molar-refractivity contribution in [2.24, 2.45) is 0 Å². The molecule has 4 rings (SSSR count). The highest BCUT2D eigenvalue weighted by Crippen LogP contribution is 2.29. The van der Waals surface area contributed by atoms with E-state index in [1.165, 1.54) is 5.56 Å². The molecule has 0 saturated heterocycles. The molecule has 6 heteroatoms. The molecule has 3 heterocycles. The van der Waals surface area contributed by atoms with Crippen LogP contribution < -0.4 is 4.74 Å². The summed E-state index contributed by atoms with van der Waals surface area (Å²) in [5.41, 5.74) is 4.23. The van der Waals surface area contributed by atoms with Crippen LogP contribution in [0.25, 0.3) is 10.3 Å². The number of thiazole rings is 1. The Labute approximate surface area is 162 Å². The largest absolute Gasteiger partial charge is 0.459 e. The number of hydrogen-bond donors (Lipinski definition) is 0. The van der Waals surface area contributed by atoms with Crippen LogP contribution in [-0.2, 0) is 13.0 Å². The van der Waals surface area contributed by atoms with E-state index in [4.69, 9.17) is 4.74 Å². The molecule has 27 heavy (non-hydrogen) atoms. The molecule has 0 N–H and O–H groups in total. The van der Waals surface area contributed by atoms with E-state index >= 15 is 0 Å². The smallest absolute Gasteiger partial charge is 0.316 e. The standard InChI is InChI=1S/C21H20N4OS/c1-3-15-6-8-16(9-7-15)13-26-21-23-12-10-17(25-21)14(2)19-24-18-5-4-11-22-20(18)27-19/h4-12,14H,3,13H2,1-2H3.